The van der Waals surface area contributed by atoms with Gasteiger partial charge in [0.05, 0.1) is 0 Å². The molecule has 0 radical (unpaired) electrons. The first-order valence-corrected chi connectivity index (χ1v) is 12.2. The summed E-state index contributed by atoms with van der Waals surface area (Å²) in [5.41, 5.74) is 6.89. The second kappa shape index (κ2) is 7.98. The van der Waals surface area contributed by atoms with Crippen LogP contribution in [0.1, 0.15) is 72.7 Å². The minimum Gasteiger partial charge on any atom is -0.429 e. The third kappa shape index (κ3) is 3.76. The van der Waals surface area contributed by atoms with Gasteiger partial charge in [-0.15, -0.1) is 0 Å². The van der Waals surface area contributed by atoms with Crippen LogP contribution in [0.2, 0.25) is 0 Å². The Balaban J connectivity index is 1.36. The van der Waals surface area contributed by atoms with E-state index in [9.17, 15) is 9.18 Å². The fraction of sp³-hybridized carbons (Fsp3) is 0.464. The standard InChI is InChI=1S/C28H31FN2O2/c1-18-12-24(19-2-3-19)25(23-8-10-30-27(18)23)16-31-11-9-28(13-21(29)14-28)15-26(31)20-4-6-22(7-5-20)33-17-32/h4-8,10,12,17,19,21,26,30H,2-3,9,11,13-16H2,1H3. The van der Waals surface area contributed by atoms with E-state index in [1.54, 1.807) is 0 Å². The minimum absolute atomic E-state index is 0.133. The molecule has 2 saturated carbocycles. The number of carbonyl (C=O) groups is 1. The van der Waals surface area contributed by atoms with Crippen LogP contribution in [0.4, 0.5) is 4.39 Å². The van der Waals surface area contributed by atoms with E-state index in [1.165, 1.54) is 46.0 Å². The van der Waals surface area contributed by atoms with Gasteiger partial charge in [0, 0.05) is 29.7 Å². The second-order valence-electron chi connectivity index (χ2n) is 10.5. The molecule has 5 heteroatoms. The summed E-state index contributed by atoms with van der Waals surface area (Å²) in [6.45, 7) is 4.56. The molecule has 0 bridgehead atoms. The number of likely N-dealkylation sites (tertiary alicyclic amines) is 1. The molecule has 3 aliphatic rings. The van der Waals surface area contributed by atoms with Crippen molar-refractivity contribution in [3.63, 3.8) is 0 Å². The Labute approximate surface area is 194 Å². The predicted molar refractivity (Wildman–Crippen MR) is 127 cm³/mol. The van der Waals surface area contributed by atoms with Crippen molar-refractivity contribution in [2.24, 2.45) is 5.41 Å². The summed E-state index contributed by atoms with van der Waals surface area (Å²) in [5, 5.41) is 1.35. The second-order valence-corrected chi connectivity index (χ2v) is 10.5. The van der Waals surface area contributed by atoms with E-state index >= 15 is 0 Å². The number of nitrogens with one attached hydrogen (secondary N) is 1. The molecule has 172 valence electrons. The molecule has 1 unspecified atom stereocenters. The molecule has 1 aromatic heterocycles. The highest BCUT2D eigenvalue weighted by Gasteiger charge is 2.49. The van der Waals surface area contributed by atoms with Gasteiger partial charge in [0.15, 0.2) is 0 Å². The van der Waals surface area contributed by atoms with Gasteiger partial charge in [-0.2, -0.15) is 0 Å². The molecule has 0 amide bonds. The zero-order valence-electron chi connectivity index (χ0n) is 19.1. The van der Waals surface area contributed by atoms with Gasteiger partial charge in [0.25, 0.3) is 6.47 Å². The Morgan fingerprint density at radius 2 is 1.97 bits per heavy atom. The average molecular weight is 447 g/mol. The molecule has 3 aromatic rings. The van der Waals surface area contributed by atoms with Gasteiger partial charge in [0.2, 0.25) is 0 Å². The lowest BCUT2D eigenvalue weighted by atomic mass is 9.60. The summed E-state index contributed by atoms with van der Waals surface area (Å²) in [5.74, 6) is 1.24. The van der Waals surface area contributed by atoms with E-state index in [1.807, 2.05) is 12.1 Å². The van der Waals surface area contributed by atoms with E-state index in [0.717, 1.165) is 25.9 Å². The van der Waals surface area contributed by atoms with Crippen molar-refractivity contribution in [3.05, 3.63) is 64.8 Å². The van der Waals surface area contributed by atoms with Crippen LogP contribution in [0.5, 0.6) is 5.75 Å². The Morgan fingerprint density at radius 3 is 2.67 bits per heavy atom. The van der Waals surface area contributed by atoms with Crippen molar-refractivity contribution in [2.75, 3.05) is 6.54 Å². The maximum Gasteiger partial charge on any atom is 0.298 e. The Hall–Kier alpha value is -2.66. The first kappa shape index (κ1) is 20.9. The number of fused-ring (bicyclic) bond motifs is 1. The number of hydrogen-bond acceptors (Lipinski definition) is 3. The van der Waals surface area contributed by atoms with Crippen LogP contribution in [0.15, 0.2) is 42.6 Å². The normalized spacial score (nSPS) is 27.6. The number of ether oxygens (including phenoxy) is 1. The first-order valence-electron chi connectivity index (χ1n) is 12.2. The van der Waals surface area contributed by atoms with Crippen LogP contribution in [-0.4, -0.2) is 29.1 Å². The third-order valence-corrected chi connectivity index (χ3v) is 8.32. The molecule has 1 saturated heterocycles. The van der Waals surface area contributed by atoms with Crippen molar-refractivity contribution in [1.29, 1.82) is 0 Å². The lowest BCUT2D eigenvalue weighted by molar-refractivity contribution is -0.120. The summed E-state index contributed by atoms with van der Waals surface area (Å²) >= 11 is 0. The zero-order chi connectivity index (χ0) is 22.6. The van der Waals surface area contributed by atoms with Gasteiger partial charge < -0.3 is 9.72 Å². The predicted octanol–water partition coefficient (Wildman–Crippen LogP) is 6.34. The molecule has 4 nitrogen and oxygen atoms in total. The third-order valence-electron chi connectivity index (χ3n) is 8.32. The van der Waals surface area contributed by atoms with E-state index in [0.29, 0.717) is 31.0 Å². The molecule has 1 spiro atoms. The minimum atomic E-state index is -0.640. The van der Waals surface area contributed by atoms with E-state index < -0.39 is 6.17 Å². The summed E-state index contributed by atoms with van der Waals surface area (Å²) in [6.07, 6.45) is 7.43. The fourth-order valence-electron chi connectivity index (χ4n) is 6.40. The highest BCUT2D eigenvalue weighted by Crippen LogP contribution is 2.55. The van der Waals surface area contributed by atoms with E-state index in [-0.39, 0.29) is 11.5 Å². The molecule has 2 aromatic carbocycles. The van der Waals surface area contributed by atoms with E-state index in [4.69, 9.17) is 4.74 Å². The number of rotatable bonds is 6. The fourth-order valence-corrected chi connectivity index (χ4v) is 6.40. The van der Waals surface area contributed by atoms with Crippen molar-refractivity contribution in [2.45, 2.75) is 70.1 Å². The van der Waals surface area contributed by atoms with Crippen molar-refractivity contribution in [3.8, 4) is 5.75 Å². The van der Waals surface area contributed by atoms with Gasteiger partial charge in [0.1, 0.15) is 11.9 Å². The largest absolute Gasteiger partial charge is 0.429 e. The molecule has 1 aliphatic heterocycles. The molecule has 2 heterocycles. The SMILES string of the molecule is Cc1cc(C2CC2)c(CN2CCC3(CC(F)C3)CC2c2ccc(OC=O)cc2)c2cc[nH]c12. The molecular formula is C28H31FN2O2. The lowest BCUT2D eigenvalue weighted by Gasteiger charge is -2.53. The van der Waals surface area contributed by atoms with Crippen LogP contribution in [-0.2, 0) is 11.3 Å². The van der Waals surface area contributed by atoms with Gasteiger partial charge in [-0.1, -0.05) is 18.2 Å². The molecule has 3 fully saturated rings. The molecule has 6 rings (SSSR count). The van der Waals surface area contributed by atoms with Crippen molar-refractivity contribution >= 4 is 17.4 Å². The van der Waals surface area contributed by atoms with Crippen LogP contribution in [0, 0.1) is 12.3 Å². The number of carbonyl (C=O) groups excluding carboxylic acids is 1. The Bertz CT molecular complexity index is 1170. The zero-order valence-corrected chi connectivity index (χ0v) is 19.1. The van der Waals surface area contributed by atoms with Gasteiger partial charge >= 0.3 is 0 Å². The highest BCUT2D eigenvalue weighted by molar-refractivity contribution is 5.87. The number of piperidine rings is 1. The number of hydrogen-bond donors (Lipinski definition) is 1. The highest BCUT2D eigenvalue weighted by atomic mass is 19.1. The molecule has 1 atom stereocenters. The number of nitrogens with zero attached hydrogens (tertiary/aromatic N) is 1. The van der Waals surface area contributed by atoms with Gasteiger partial charge in [-0.3, -0.25) is 9.69 Å². The maximum absolute atomic E-state index is 13.9. The van der Waals surface area contributed by atoms with Gasteiger partial charge in [-0.25, -0.2) is 4.39 Å². The maximum atomic E-state index is 13.9. The lowest BCUT2D eigenvalue weighted by Crippen LogP contribution is -2.49. The quantitative estimate of drug-likeness (QED) is 0.449. The number of benzene rings is 2. The smallest absolute Gasteiger partial charge is 0.298 e. The molecular weight excluding hydrogens is 415 g/mol. The number of aromatic nitrogens is 1. The van der Waals surface area contributed by atoms with Gasteiger partial charge in [-0.05, 0) is 104 Å². The Morgan fingerprint density at radius 1 is 1.18 bits per heavy atom. The van der Waals surface area contributed by atoms with Crippen LogP contribution in [0.3, 0.4) is 0 Å². The summed E-state index contributed by atoms with van der Waals surface area (Å²) < 4.78 is 18.9. The number of H-pyrrole nitrogens is 1. The number of halogens is 1. The average Bonchev–Trinajstić information content (AvgIpc) is 3.52. The number of alkyl halides is 1. The number of aryl methyl sites for hydroxylation is 1. The molecule has 1 N–H and O–H groups in total. The van der Waals surface area contributed by atoms with E-state index in [2.05, 4.69) is 47.3 Å². The summed E-state index contributed by atoms with van der Waals surface area (Å²) in [4.78, 5) is 16.8. The number of aromatic amines is 1. The molecule has 33 heavy (non-hydrogen) atoms. The van der Waals surface area contributed by atoms with Crippen molar-refractivity contribution in [1.82, 2.24) is 9.88 Å². The van der Waals surface area contributed by atoms with Crippen LogP contribution < -0.4 is 4.74 Å². The van der Waals surface area contributed by atoms with Crippen LogP contribution >= 0.6 is 0 Å². The first-order chi connectivity index (χ1) is 16.0. The Kier molecular flexibility index (Phi) is 5.06. The molecule has 2 aliphatic carbocycles. The van der Waals surface area contributed by atoms with Crippen LogP contribution in [0.25, 0.3) is 10.9 Å². The monoisotopic (exact) mass is 446 g/mol. The summed E-state index contributed by atoms with van der Waals surface area (Å²) in [7, 11) is 0. The summed E-state index contributed by atoms with van der Waals surface area (Å²) in [6, 6.07) is 12.8. The topological polar surface area (TPSA) is 45.3 Å². The van der Waals surface area contributed by atoms with Crippen molar-refractivity contribution < 1.29 is 13.9 Å².